The summed E-state index contributed by atoms with van der Waals surface area (Å²) in [5, 5.41) is 4.25. The minimum Gasteiger partial charge on any atom is -0.658 e. The smallest absolute Gasteiger partial charge is 0.240 e. The summed E-state index contributed by atoms with van der Waals surface area (Å²) < 4.78 is 25.4. The van der Waals surface area contributed by atoms with Crippen LogP contribution in [0, 0.1) is 0 Å². The van der Waals surface area contributed by atoms with Crippen LogP contribution in [0.2, 0.25) is 0 Å². The van der Waals surface area contributed by atoms with Crippen LogP contribution in [0.4, 0.5) is 0 Å². The summed E-state index contributed by atoms with van der Waals surface area (Å²) in [5.41, 5.74) is 2.23. The van der Waals surface area contributed by atoms with Crippen molar-refractivity contribution in [2.45, 2.75) is 17.9 Å². The van der Waals surface area contributed by atoms with Crippen LogP contribution in [0.25, 0.3) is 5.32 Å². The summed E-state index contributed by atoms with van der Waals surface area (Å²) in [6.07, 6.45) is 0.912. The normalized spacial score (nSPS) is 15.1. The Morgan fingerprint density at radius 3 is 2.75 bits per heavy atom. The van der Waals surface area contributed by atoms with E-state index < -0.39 is 10.0 Å². The predicted octanol–water partition coefficient (Wildman–Crippen LogP) is 1.02. The van der Waals surface area contributed by atoms with Crippen molar-refractivity contribution in [2.24, 2.45) is 0 Å². The molecule has 1 aliphatic heterocycles. The number of benzene rings is 1. The molecule has 0 saturated heterocycles. The van der Waals surface area contributed by atoms with Crippen LogP contribution in [0.1, 0.15) is 11.1 Å². The van der Waals surface area contributed by atoms with E-state index in [1.54, 1.807) is 12.1 Å². The van der Waals surface area contributed by atoms with Gasteiger partial charge in [-0.2, -0.15) is 0 Å². The second-order valence-corrected chi connectivity index (χ2v) is 5.38. The first-order valence-corrected chi connectivity index (χ1v) is 6.30. The number of hydrogen-bond donors (Lipinski definition) is 1. The van der Waals surface area contributed by atoms with E-state index in [2.05, 4.69) is 10.0 Å². The van der Waals surface area contributed by atoms with Gasteiger partial charge in [0.25, 0.3) is 0 Å². The minimum atomic E-state index is -3.32. The van der Waals surface area contributed by atoms with Crippen LogP contribution < -0.4 is 4.72 Å². The molecule has 85 valence electrons. The summed E-state index contributed by atoms with van der Waals surface area (Å²) in [6.45, 7) is 1.47. The van der Waals surface area contributed by atoms with Gasteiger partial charge in [-0.3, -0.25) is 0 Å². The molecule has 1 N–H and O–H groups in total. The summed E-state index contributed by atoms with van der Waals surface area (Å²) in [5.74, 6) is 0. The monoisotopic (exact) mass is 314 g/mol. The van der Waals surface area contributed by atoms with Crippen molar-refractivity contribution in [1.29, 1.82) is 0 Å². The Balaban J connectivity index is 0.00000128. The number of rotatable bonds is 2. The van der Waals surface area contributed by atoms with Gasteiger partial charge in [-0.25, -0.2) is 13.1 Å². The van der Waals surface area contributed by atoms with Gasteiger partial charge in [0.05, 0.1) is 4.90 Å². The molecule has 2 rings (SSSR count). The van der Waals surface area contributed by atoms with Crippen molar-refractivity contribution in [1.82, 2.24) is 4.72 Å². The maximum absolute atomic E-state index is 11.5. The third kappa shape index (κ3) is 2.90. The quantitative estimate of drug-likeness (QED) is 0.886. The number of fused-ring (bicyclic) bond motifs is 1. The first-order valence-electron chi connectivity index (χ1n) is 4.82. The fourth-order valence-electron chi connectivity index (χ4n) is 1.68. The fraction of sp³-hybridized carbons (Fsp3) is 0.400. The largest absolute Gasteiger partial charge is 0.658 e. The standard InChI is InChI=1S/C10H13N2O2S.Y/c1-11-15(13,14)10-3-2-8-4-5-12-7-9(8)6-10;/h2-3,6,11H,4-5,7H2,1H3;/q-1;. The molecule has 0 saturated carbocycles. The van der Waals surface area contributed by atoms with E-state index in [0.717, 1.165) is 18.5 Å². The zero-order valence-corrected chi connectivity index (χ0v) is 12.8. The molecule has 1 aliphatic rings. The van der Waals surface area contributed by atoms with Crippen molar-refractivity contribution >= 4 is 10.0 Å². The van der Waals surface area contributed by atoms with Crippen LogP contribution in [-0.2, 0) is 55.7 Å². The van der Waals surface area contributed by atoms with Crippen molar-refractivity contribution in [3.63, 3.8) is 0 Å². The molecule has 16 heavy (non-hydrogen) atoms. The Hall–Kier alpha value is 0.194. The van der Waals surface area contributed by atoms with Gasteiger partial charge < -0.3 is 5.32 Å². The first-order chi connectivity index (χ1) is 7.13. The summed E-state index contributed by atoms with van der Waals surface area (Å²) >= 11 is 0. The molecule has 0 atom stereocenters. The molecule has 1 aromatic carbocycles. The molecular formula is C10H13N2O2SY-. The number of hydrogen-bond acceptors (Lipinski definition) is 2. The van der Waals surface area contributed by atoms with Crippen molar-refractivity contribution in [3.8, 4) is 0 Å². The molecule has 0 amide bonds. The third-order valence-electron chi connectivity index (χ3n) is 2.58. The molecule has 1 heterocycles. The number of sulfonamides is 1. The molecule has 0 unspecified atom stereocenters. The minimum absolute atomic E-state index is 0. The van der Waals surface area contributed by atoms with Crippen LogP contribution in [0.3, 0.4) is 0 Å². The zero-order chi connectivity index (χ0) is 10.9. The third-order valence-corrected chi connectivity index (χ3v) is 3.99. The van der Waals surface area contributed by atoms with Gasteiger partial charge >= 0.3 is 0 Å². The fourth-order valence-corrected chi connectivity index (χ4v) is 2.46. The van der Waals surface area contributed by atoms with Gasteiger partial charge in [0, 0.05) is 32.7 Å². The van der Waals surface area contributed by atoms with Crippen LogP contribution >= 0.6 is 0 Å². The summed E-state index contributed by atoms with van der Waals surface area (Å²) in [6, 6.07) is 5.24. The van der Waals surface area contributed by atoms with Crippen molar-refractivity contribution < 1.29 is 41.1 Å². The topological polar surface area (TPSA) is 60.3 Å². The maximum Gasteiger partial charge on any atom is 0.240 e. The number of nitrogens with one attached hydrogen (secondary N) is 1. The van der Waals surface area contributed by atoms with Crippen LogP contribution in [-0.4, -0.2) is 22.0 Å². The molecule has 0 fully saturated rings. The Morgan fingerprint density at radius 1 is 1.31 bits per heavy atom. The number of nitrogens with zero attached hydrogens (tertiary/aromatic N) is 1. The average molecular weight is 314 g/mol. The van der Waals surface area contributed by atoms with Crippen molar-refractivity contribution in [2.75, 3.05) is 13.6 Å². The van der Waals surface area contributed by atoms with Gasteiger partial charge in [0.15, 0.2) is 0 Å². The molecule has 6 heteroatoms. The van der Waals surface area contributed by atoms with Gasteiger partial charge in [-0.05, 0) is 31.2 Å². The Labute approximate surface area is 121 Å². The molecule has 0 bridgehead atoms. The van der Waals surface area contributed by atoms with Crippen LogP contribution in [0.15, 0.2) is 23.1 Å². The van der Waals surface area contributed by atoms with E-state index in [4.69, 9.17) is 0 Å². The summed E-state index contributed by atoms with van der Waals surface area (Å²) in [7, 11) is -1.91. The van der Waals surface area contributed by atoms with E-state index in [1.165, 1.54) is 12.6 Å². The Morgan fingerprint density at radius 2 is 2.06 bits per heavy atom. The van der Waals surface area contributed by atoms with E-state index in [0.29, 0.717) is 11.4 Å². The first kappa shape index (κ1) is 14.3. The van der Waals surface area contributed by atoms with E-state index in [9.17, 15) is 8.42 Å². The van der Waals surface area contributed by atoms with Gasteiger partial charge in [-0.1, -0.05) is 11.6 Å². The summed E-state index contributed by atoms with van der Waals surface area (Å²) in [4.78, 5) is 0.320. The van der Waals surface area contributed by atoms with Gasteiger partial charge in [0.1, 0.15) is 0 Å². The zero-order valence-electron chi connectivity index (χ0n) is 9.10. The Kier molecular flexibility index (Phi) is 5.07. The van der Waals surface area contributed by atoms with Crippen molar-refractivity contribution in [3.05, 3.63) is 34.6 Å². The molecule has 0 aliphatic carbocycles. The van der Waals surface area contributed by atoms with Gasteiger partial charge in [-0.15, -0.1) is 13.1 Å². The van der Waals surface area contributed by atoms with Crippen LogP contribution in [0.5, 0.6) is 0 Å². The second-order valence-electron chi connectivity index (χ2n) is 3.49. The SMILES string of the molecule is CNS(=O)(=O)c1ccc2c(c1)C[N-]CC2.[Y]. The average Bonchev–Trinajstić information content (AvgIpc) is 2.28. The second kappa shape index (κ2) is 5.69. The maximum atomic E-state index is 11.5. The molecule has 1 aromatic rings. The van der Waals surface area contributed by atoms with E-state index in [-0.39, 0.29) is 32.7 Å². The van der Waals surface area contributed by atoms with Gasteiger partial charge in [0.2, 0.25) is 10.0 Å². The van der Waals surface area contributed by atoms with E-state index in [1.807, 2.05) is 6.07 Å². The molecule has 0 spiro atoms. The molecule has 4 nitrogen and oxygen atoms in total. The molecule has 0 aromatic heterocycles. The molecule has 1 radical (unpaired) electrons. The Bertz CT molecular complexity index is 474. The molecular weight excluding hydrogens is 301 g/mol. The van der Waals surface area contributed by atoms with E-state index >= 15 is 0 Å². The predicted molar refractivity (Wildman–Crippen MR) is 58.3 cm³/mol.